The molecule has 136 valence electrons. The third-order valence-electron chi connectivity index (χ3n) is 5.05. The molecule has 2 rings (SSSR count). The van der Waals surface area contributed by atoms with Crippen molar-refractivity contribution in [3.05, 3.63) is 0 Å². The number of nitrogens with zero attached hydrogens (tertiary/aromatic N) is 2. The molecule has 24 heavy (non-hydrogen) atoms. The van der Waals surface area contributed by atoms with Gasteiger partial charge in [0.15, 0.2) is 0 Å². The molecule has 3 atom stereocenters. The van der Waals surface area contributed by atoms with Gasteiger partial charge in [-0.15, -0.1) is 0 Å². The van der Waals surface area contributed by atoms with Crippen LogP contribution in [-0.4, -0.2) is 41.8 Å². The number of alkyl carbamates (subject to hydrolysis) is 1. The molecule has 0 spiro atoms. The Morgan fingerprint density at radius 1 is 1.12 bits per heavy atom. The third-order valence-corrected chi connectivity index (χ3v) is 5.05. The summed E-state index contributed by atoms with van der Waals surface area (Å²) in [5.74, 6) is 0.128. The molecule has 5 nitrogen and oxygen atoms in total. The van der Waals surface area contributed by atoms with Crippen LogP contribution >= 0.6 is 0 Å². The largest absolute Gasteiger partial charge is 0.444 e. The van der Waals surface area contributed by atoms with Crippen LogP contribution in [0.25, 0.3) is 0 Å². The summed E-state index contributed by atoms with van der Waals surface area (Å²) in [4.78, 5) is 14.4. The van der Waals surface area contributed by atoms with Gasteiger partial charge in [-0.1, -0.05) is 32.1 Å². The first-order valence-corrected chi connectivity index (χ1v) is 9.52. The van der Waals surface area contributed by atoms with Crippen LogP contribution < -0.4 is 5.32 Å². The van der Waals surface area contributed by atoms with E-state index >= 15 is 0 Å². The van der Waals surface area contributed by atoms with Gasteiger partial charge < -0.3 is 10.1 Å². The molecule has 0 aromatic rings. The fraction of sp³-hybridized carbons (Fsp3) is 0.895. The van der Waals surface area contributed by atoms with E-state index in [9.17, 15) is 10.1 Å². The summed E-state index contributed by atoms with van der Waals surface area (Å²) in [6.45, 7) is 7.43. The summed E-state index contributed by atoms with van der Waals surface area (Å²) < 4.78 is 5.35. The maximum atomic E-state index is 12.0. The van der Waals surface area contributed by atoms with Crippen LogP contribution in [0.15, 0.2) is 0 Å². The van der Waals surface area contributed by atoms with Crippen molar-refractivity contribution in [1.82, 2.24) is 10.2 Å². The number of amides is 1. The summed E-state index contributed by atoms with van der Waals surface area (Å²) in [5.41, 5.74) is -0.466. The van der Waals surface area contributed by atoms with Gasteiger partial charge in [0.1, 0.15) is 5.60 Å². The van der Waals surface area contributed by atoms with Crippen molar-refractivity contribution in [1.29, 1.82) is 5.26 Å². The topological polar surface area (TPSA) is 65.4 Å². The lowest BCUT2D eigenvalue weighted by Crippen LogP contribution is -2.43. The highest BCUT2D eigenvalue weighted by molar-refractivity contribution is 5.68. The second kappa shape index (κ2) is 8.71. The van der Waals surface area contributed by atoms with Crippen molar-refractivity contribution in [2.75, 3.05) is 13.1 Å². The molecule has 3 unspecified atom stereocenters. The van der Waals surface area contributed by atoms with Gasteiger partial charge in [-0.05, 0) is 40.0 Å². The zero-order valence-electron chi connectivity index (χ0n) is 15.5. The van der Waals surface area contributed by atoms with E-state index in [-0.39, 0.29) is 18.1 Å². The second-order valence-corrected chi connectivity index (χ2v) is 8.27. The summed E-state index contributed by atoms with van der Waals surface area (Å²) in [5, 5.41) is 12.6. The molecule has 0 radical (unpaired) electrons. The Hall–Kier alpha value is -1.28. The fourth-order valence-electron chi connectivity index (χ4n) is 3.91. The van der Waals surface area contributed by atoms with Crippen molar-refractivity contribution in [2.45, 2.75) is 89.8 Å². The Balaban J connectivity index is 1.89. The lowest BCUT2D eigenvalue weighted by atomic mass is 9.92. The van der Waals surface area contributed by atoms with Gasteiger partial charge in [0.05, 0.1) is 12.0 Å². The molecule has 1 aliphatic heterocycles. The molecule has 1 saturated heterocycles. The highest BCUT2D eigenvalue weighted by Gasteiger charge is 2.34. The number of carbonyl (C=O) groups excluding carboxylic acids is 1. The molecule has 1 amide bonds. The van der Waals surface area contributed by atoms with Gasteiger partial charge in [0.25, 0.3) is 0 Å². The lowest BCUT2D eigenvalue weighted by molar-refractivity contribution is 0.0503. The molecule has 1 N–H and O–H groups in total. The van der Waals surface area contributed by atoms with E-state index in [1.807, 2.05) is 20.8 Å². The molecule has 2 fully saturated rings. The number of likely N-dealkylation sites (tertiary alicyclic amines) is 1. The maximum absolute atomic E-state index is 12.0. The Morgan fingerprint density at radius 3 is 2.46 bits per heavy atom. The third kappa shape index (κ3) is 5.98. The summed E-state index contributed by atoms with van der Waals surface area (Å²) in [7, 11) is 0. The van der Waals surface area contributed by atoms with E-state index in [1.165, 1.54) is 32.1 Å². The molecule has 1 heterocycles. The quantitative estimate of drug-likeness (QED) is 0.832. The van der Waals surface area contributed by atoms with Crippen molar-refractivity contribution < 1.29 is 9.53 Å². The molecule has 0 bridgehead atoms. The molecule has 1 aliphatic carbocycles. The standard InChI is InChI=1S/C19H33N3O2/c1-19(2,3)24-18(23)21-16-11-12-22(14-16)17-10-8-6-4-5-7-9-15(17)13-20/h15-17H,4-12,14H2,1-3H3,(H,21,23). The highest BCUT2D eigenvalue weighted by Crippen LogP contribution is 2.28. The maximum Gasteiger partial charge on any atom is 0.407 e. The predicted octanol–water partition coefficient (Wildman–Crippen LogP) is 3.84. The van der Waals surface area contributed by atoms with Crippen LogP contribution in [0.4, 0.5) is 4.79 Å². The van der Waals surface area contributed by atoms with Crippen LogP contribution in [0, 0.1) is 17.2 Å². The Bertz CT molecular complexity index is 453. The number of ether oxygens (including phenoxy) is 1. The van der Waals surface area contributed by atoms with E-state index in [0.717, 1.165) is 32.4 Å². The van der Waals surface area contributed by atoms with Crippen molar-refractivity contribution in [2.24, 2.45) is 5.92 Å². The van der Waals surface area contributed by atoms with Gasteiger partial charge in [0, 0.05) is 25.2 Å². The average molecular weight is 335 g/mol. The predicted molar refractivity (Wildman–Crippen MR) is 94.6 cm³/mol. The fourth-order valence-corrected chi connectivity index (χ4v) is 3.91. The van der Waals surface area contributed by atoms with Gasteiger partial charge in [0.2, 0.25) is 0 Å². The summed E-state index contributed by atoms with van der Waals surface area (Å²) in [6, 6.07) is 3.04. The smallest absolute Gasteiger partial charge is 0.407 e. The molecule has 0 aromatic heterocycles. The van der Waals surface area contributed by atoms with Crippen LogP contribution in [0.2, 0.25) is 0 Å². The van der Waals surface area contributed by atoms with Gasteiger partial charge >= 0.3 is 6.09 Å². The number of hydrogen-bond donors (Lipinski definition) is 1. The monoisotopic (exact) mass is 335 g/mol. The minimum absolute atomic E-state index is 0.128. The normalized spacial score (nSPS) is 29.8. The molecular weight excluding hydrogens is 302 g/mol. The van der Waals surface area contributed by atoms with Gasteiger partial charge in [-0.2, -0.15) is 5.26 Å². The Labute approximate surface area is 146 Å². The Morgan fingerprint density at radius 2 is 1.79 bits per heavy atom. The number of hydrogen-bond acceptors (Lipinski definition) is 4. The van der Waals surface area contributed by atoms with E-state index in [4.69, 9.17) is 4.74 Å². The Kier molecular flexibility index (Phi) is 6.91. The van der Waals surface area contributed by atoms with Gasteiger partial charge in [-0.3, -0.25) is 4.90 Å². The minimum Gasteiger partial charge on any atom is -0.444 e. The highest BCUT2D eigenvalue weighted by atomic mass is 16.6. The van der Waals surface area contributed by atoms with Crippen molar-refractivity contribution in [3.8, 4) is 6.07 Å². The van der Waals surface area contributed by atoms with Crippen LogP contribution in [0.1, 0.15) is 72.1 Å². The first-order chi connectivity index (χ1) is 11.4. The molecule has 5 heteroatoms. The SMILES string of the molecule is CC(C)(C)OC(=O)NC1CCN(C2CCCCCCCC2C#N)C1. The summed E-state index contributed by atoms with van der Waals surface area (Å²) in [6.07, 6.45) is 8.95. The second-order valence-electron chi connectivity index (χ2n) is 8.27. The molecular formula is C19H33N3O2. The zero-order chi connectivity index (χ0) is 17.6. The zero-order valence-corrected chi connectivity index (χ0v) is 15.5. The first kappa shape index (κ1) is 19.1. The minimum atomic E-state index is -0.466. The summed E-state index contributed by atoms with van der Waals surface area (Å²) >= 11 is 0. The number of nitrogens with one attached hydrogen (secondary N) is 1. The van der Waals surface area contributed by atoms with E-state index in [2.05, 4.69) is 16.3 Å². The lowest BCUT2D eigenvalue weighted by Gasteiger charge is -2.31. The van der Waals surface area contributed by atoms with E-state index in [0.29, 0.717) is 6.04 Å². The first-order valence-electron chi connectivity index (χ1n) is 9.52. The van der Waals surface area contributed by atoms with E-state index < -0.39 is 5.60 Å². The number of rotatable bonds is 2. The molecule has 0 aromatic carbocycles. The average Bonchev–Trinajstić information content (AvgIpc) is 2.96. The molecule has 1 saturated carbocycles. The van der Waals surface area contributed by atoms with Crippen LogP contribution in [-0.2, 0) is 4.74 Å². The van der Waals surface area contributed by atoms with Crippen LogP contribution in [0.5, 0.6) is 0 Å². The van der Waals surface area contributed by atoms with Crippen LogP contribution in [0.3, 0.4) is 0 Å². The molecule has 2 aliphatic rings. The van der Waals surface area contributed by atoms with Gasteiger partial charge in [-0.25, -0.2) is 4.79 Å². The number of nitriles is 1. The van der Waals surface area contributed by atoms with Crippen molar-refractivity contribution >= 4 is 6.09 Å². The van der Waals surface area contributed by atoms with E-state index in [1.54, 1.807) is 0 Å². The number of carbonyl (C=O) groups is 1. The van der Waals surface area contributed by atoms with Crippen molar-refractivity contribution in [3.63, 3.8) is 0 Å².